The highest BCUT2D eigenvalue weighted by Gasteiger charge is 2.14. The second kappa shape index (κ2) is 5.89. The van der Waals surface area contributed by atoms with E-state index in [0.717, 1.165) is 0 Å². The summed E-state index contributed by atoms with van der Waals surface area (Å²) in [7, 11) is 1.45. The van der Waals surface area contributed by atoms with Crippen LogP contribution in [0.15, 0.2) is 23.1 Å². The highest BCUT2D eigenvalue weighted by molar-refractivity contribution is 8.13. The van der Waals surface area contributed by atoms with Crippen LogP contribution in [0.5, 0.6) is 0 Å². The zero-order valence-electron chi connectivity index (χ0n) is 9.95. The first-order chi connectivity index (χ1) is 8.36. The van der Waals surface area contributed by atoms with Crippen molar-refractivity contribution in [1.29, 1.82) is 0 Å². The van der Waals surface area contributed by atoms with Crippen molar-refractivity contribution in [2.45, 2.75) is 18.7 Å². The van der Waals surface area contributed by atoms with Gasteiger partial charge in [0.25, 0.3) is 15.0 Å². The van der Waals surface area contributed by atoms with Crippen LogP contribution in [0, 0.1) is 18.8 Å². The van der Waals surface area contributed by atoms with E-state index in [4.69, 9.17) is 10.7 Å². The van der Waals surface area contributed by atoms with E-state index in [9.17, 15) is 13.2 Å². The van der Waals surface area contributed by atoms with E-state index >= 15 is 0 Å². The molecule has 0 saturated carbocycles. The molecule has 0 unspecified atom stereocenters. The van der Waals surface area contributed by atoms with Gasteiger partial charge < -0.3 is 5.32 Å². The second-order valence-corrected chi connectivity index (χ2v) is 6.09. The lowest BCUT2D eigenvalue weighted by molar-refractivity contribution is 0.0958. The molecule has 18 heavy (non-hydrogen) atoms. The van der Waals surface area contributed by atoms with Gasteiger partial charge in [-0.05, 0) is 37.6 Å². The van der Waals surface area contributed by atoms with Crippen LogP contribution in [-0.2, 0) is 9.05 Å². The number of hydrogen-bond acceptors (Lipinski definition) is 3. The molecular formula is C12H12ClNO3S. The first-order valence-corrected chi connectivity index (χ1v) is 7.40. The maximum absolute atomic E-state index is 11.7. The van der Waals surface area contributed by atoms with E-state index in [1.54, 1.807) is 13.8 Å². The summed E-state index contributed by atoms with van der Waals surface area (Å²) in [6.07, 6.45) is 0. The minimum atomic E-state index is -3.77. The average Bonchev–Trinajstić information content (AvgIpc) is 2.27. The summed E-state index contributed by atoms with van der Waals surface area (Å²) < 4.78 is 22.2. The molecule has 1 rings (SSSR count). The summed E-state index contributed by atoms with van der Waals surface area (Å²) in [5.41, 5.74) is 0.940. The number of halogens is 1. The van der Waals surface area contributed by atoms with Crippen molar-refractivity contribution in [3.8, 4) is 11.8 Å². The number of nitrogens with one attached hydrogen (secondary N) is 1. The van der Waals surface area contributed by atoms with Crippen LogP contribution in [0.3, 0.4) is 0 Å². The largest absolute Gasteiger partial charge is 0.341 e. The average molecular weight is 286 g/mol. The molecule has 0 bridgehead atoms. The van der Waals surface area contributed by atoms with E-state index < -0.39 is 9.05 Å². The minimum Gasteiger partial charge on any atom is -0.341 e. The summed E-state index contributed by atoms with van der Waals surface area (Å²) in [6, 6.07) is 4.10. The summed E-state index contributed by atoms with van der Waals surface area (Å²) in [6.45, 7) is 3.58. The SMILES string of the molecule is CC#CCNC(=O)c1ccc(S(=O)(=O)Cl)cc1C. The number of rotatable bonds is 3. The normalized spacial score (nSPS) is 10.4. The Hall–Kier alpha value is -1.51. The molecule has 0 aliphatic heterocycles. The van der Waals surface area contributed by atoms with Crippen LogP contribution in [-0.4, -0.2) is 20.9 Å². The second-order valence-electron chi connectivity index (χ2n) is 3.52. The lowest BCUT2D eigenvalue weighted by Gasteiger charge is -2.06. The molecule has 0 atom stereocenters. The van der Waals surface area contributed by atoms with E-state index in [0.29, 0.717) is 11.1 Å². The van der Waals surface area contributed by atoms with E-state index in [-0.39, 0.29) is 17.3 Å². The zero-order valence-corrected chi connectivity index (χ0v) is 11.5. The van der Waals surface area contributed by atoms with Gasteiger partial charge in [-0.15, -0.1) is 5.92 Å². The molecule has 0 aromatic heterocycles. The summed E-state index contributed by atoms with van der Waals surface area (Å²) >= 11 is 0. The van der Waals surface area contributed by atoms with Gasteiger partial charge in [-0.2, -0.15) is 0 Å². The minimum absolute atomic E-state index is 0.0217. The van der Waals surface area contributed by atoms with Crippen molar-refractivity contribution in [1.82, 2.24) is 5.32 Å². The fourth-order valence-corrected chi connectivity index (χ4v) is 2.19. The van der Waals surface area contributed by atoms with Gasteiger partial charge in [0.1, 0.15) is 0 Å². The van der Waals surface area contributed by atoms with Gasteiger partial charge in [-0.25, -0.2) is 8.42 Å². The molecule has 6 heteroatoms. The Balaban J connectivity index is 2.98. The third-order valence-corrected chi connectivity index (χ3v) is 3.59. The molecule has 1 N–H and O–H groups in total. The molecule has 1 amide bonds. The van der Waals surface area contributed by atoms with Crippen molar-refractivity contribution in [3.05, 3.63) is 29.3 Å². The van der Waals surface area contributed by atoms with Gasteiger partial charge >= 0.3 is 0 Å². The molecule has 1 aromatic carbocycles. The maximum Gasteiger partial charge on any atom is 0.261 e. The highest BCUT2D eigenvalue weighted by atomic mass is 35.7. The quantitative estimate of drug-likeness (QED) is 0.679. The summed E-state index contributed by atoms with van der Waals surface area (Å²) in [5, 5.41) is 2.60. The number of carbonyl (C=O) groups excluding carboxylic acids is 1. The Labute approximate surface area is 111 Å². The molecular weight excluding hydrogens is 274 g/mol. The van der Waals surface area contributed by atoms with Crippen molar-refractivity contribution in [2.75, 3.05) is 6.54 Å². The van der Waals surface area contributed by atoms with Gasteiger partial charge in [-0.1, -0.05) is 5.92 Å². The van der Waals surface area contributed by atoms with Crippen molar-refractivity contribution in [2.24, 2.45) is 0 Å². The predicted molar refractivity (Wildman–Crippen MR) is 70.0 cm³/mol. The Morgan fingerprint density at radius 1 is 1.44 bits per heavy atom. The van der Waals surface area contributed by atoms with Crippen LogP contribution >= 0.6 is 10.7 Å². The molecule has 0 saturated heterocycles. The summed E-state index contributed by atoms with van der Waals surface area (Å²) in [4.78, 5) is 11.7. The first kappa shape index (κ1) is 14.6. The van der Waals surface area contributed by atoms with Gasteiger partial charge in [0.05, 0.1) is 11.4 Å². The van der Waals surface area contributed by atoms with E-state index in [1.807, 2.05) is 0 Å². The van der Waals surface area contributed by atoms with Gasteiger partial charge in [-0.3, -0.25) is 4.79 Å². The maximum atomic E-state index is 11.7. The van der Waals surface area contributed by atoms with Crippen LogP contribution < -0.4 is 5.32 Å². The molecule has 0 radical (unpaired) electrons. The number of benzene rings is 1. The highest BCUT2D eigenvalue weighted by Crippen LogP contribution is 2.18. The number of carbonyl (C=O) groups is 1. The lowest BCUT2D eigenvalue weighted by atomic mass is 10.1. The molecule has 0 aliphatic rings. The van der Waals surface area contributed by atoms with Gasteiger partial charge in [0, 0.05) is 16.2 Å². The van der Waals surface area contributed by atoms with Crippen molar-refractivity contribution >= 4 is 25.6 Å². The molecule has 1 aromatic rings. The third-order valence-electron chi connectivity index (χ3n) is 2.24. The summed E-state index contributed by atoms with van der Waals surface area (Å²) in [5.74, 6) is 5.06. The Kier molecular flexibility index (Phi) is 4.76. The Bertz CT molecular complexity index is 626. The number of aryl methyl sites for hydroxylation is 1. The number of amides is 1. The Morgan fingerprint density at radius 2 is 2.11 bits per heavy atom. The fourth-order valence-electron chi connectivity index (χ4n) is 1.35. The molecule has 0 fully saturated rings. The number of hydrogen-bond donors (Lipinski definition) is 1. The molecule has 0 spiro atoms. The molecule has 0 heterocycles. The fraction of sp³-hybridized carbons (Fsp3) is 0.250. The van der Waals surface area contributed by atoms with Crippen LogP contribution in [0.25, 0.3) is 0 Å². The zero-order chi connectivity index (χ0) is 13.8. The van der Waals surface area contributed by atoms with Gasteiger partial charge in [0.2, 0.25) is 0 Å². The van der Waals surface area contributed by atoms with Crippen molar-refractivity contribution in [3.63, 3.8) is 0 Å². The van der Waals surface area contributed by atoms with Gasteiger partial charge in [0.15, 0.2) is 0 Å². The monoisotopic (exact) mass is 285 g/mol. The molecule has 4 nitrogen and oxygen atoms in total. The smallest absolute Gasteiger partial charge is 0.261 e. The molecule has 0 aliphatic carbocycles. The predicted octanol–water partition coefficient (Wildman–Crippen LogP) is 1.68. The third kappa shape index (κ3) is 3.76. The van der Waals surface area contributed by atoms with Crippen molar-refractivity contribution < 1.29 is 13.2 Å². The van der Waals surface area contributed by atoms with Crippen LogP contribution in [0.2, 0.25) is 0 Å². The van der Waals surface area contributed by atoms with E-state index in [1.165, 1.54) is 18.2 Å². The first-order valence-electron chi connectivity index (χ1n) is 5.09. The van der Waals surface area contributed by atoms with E-state index in [2.05, 4.69) is 17.2 Å². The lowest BCUT2D eigenvalue weighted by Crippen LogP contribution is -2.24. The topological polar surface area (TPSA) is 63.2 Å². The Morgan fingerprint density at radius 3 is 2.61 bits per heavy atom. The van der Waals surface area contributed by atoms with Crippen LogP contribution in [0.4, 0.5) is 0 Å². The molecule has 96 valence electrons. The standard InChI is InChI=1S/C12H12ClNO3S/c1-3-4-7-14-12(15)11-6-5-10(8-9(11)2)18(13,16)17/h5-6,8H,7H2,1-2H3,(H,14,15). The van der Waals surface area contributed by atoms with Crippen LogP contribution in [0.1, 0.15) is 22.8 Å².